The van der Waals surface area contributed by atoms with Gasteiger partial charge in [-0.25, -0.2) is 13.1 Å². The van der Waals surface area contributed by atoms with E-state index in [0.29, 0.717) is 16.6 Å². The predicted molar refractivity (Wildman–Crippen MR) is 104 cm³/mol. The number of piperazine rings is 1. The molecule has 1 saturated carbocycles. The first kappa shape index (κ1) is 19.5. The van der Waals surface area contributed by atoms with Gasteiger partial charge < -0.3 is 15.0 Å². The minimum atomic E-state index is -3.54. The van der Waals surface area contributed by atoms with Gasteiger partial charge in [0.1, 0.15) is 5.75 Å². The monoisotopic (exact) mass is 381 g/mol. The van der Waals surface area contributed by atoms with Gasteiger partial charge in [0.05, 0.1) is 17.7 Å². The first-order chi connectivity index (χ1) is 12.5. The van der Waals surface area contributed by atoms with Gasteiger partial charge in [0.2, 0.25) is 10.0 Å². The molecule has 3 rings (SSSR count). The Balaban J connectivity index is 1.80. The summed E-state index contributed by atoms with van der Waals surface area (Å²) in [7, 11) is -1.92. The Morgan fingerprint density at radius 3 is 2.54 bits per heavy atom. The van der Waals surface area contributed by atoms with Crippen LogP contribution in [0.4, 0.5) is 5.69 Å². The van der Waals surface area contributed by atoms with E-state index in [1.54, 1.807) is 25.3 Å². The molecule has 1 aliphatic heterocycles. The molecule has 1 aliphatic carbocycles. The van der Waals surface area contributed by atoms with E-state index < -0.39 is 10.0 Å². The highest BCUT2D eigenvalue weighted by Crippen LogP contribution is 2.32. The second kappa shape index (κ2) is 8.59. The van der Waals surface area contributed by atoms with Crippen molar-refractivity contribution in [1.29, 1.82) is 0 Å². The van der Waals surface area contributed by atoms with Gasteiger partial charge in [-0.3, -0.25) is 0 Å². The zero-order chi connectivity index (χ0) is 18.6. The first-order valence-electron chi connectivity index (χ1n) is 9.67. The first-order valence-corrected chi connectivity index (χ1v) is 11.2. The van der Waals surface area contributed by atoms with Crippen molar-refractivity contribution >= 4 is 15.7 Å². The molecule has 2 N–H and O–H groups in total. The predicted octanol–water partition coefficient (Wildman–Crippen LogP) is 2.35. The Morgan fingerprint density at radius 1 is 1.19 bits per heavy atom. The molecule has 7 heteroatoms. The topological polar surface area (TPSA) is 70.7 Å². The average molecular weight is 382 g/mol. The molecule has 2 fully saturated rings. The van der Waals surface area contributed by atoms with E-state index in [2.05, 4.69) is 14.9 Å². The van der Waals surface area contributed by atoms with E-state index in [9.17, 15) is 8.42 Å². The summed E-state index contributed by atoms with van der Waals surface area (Å²) in [5.74, 6) is 1.15. The van der Waals surface area contributed by atoms with Gasteiger partial charge in [-0.2, -0.15) is 0 Å². The summed E-state index contributed by atoms with van der Waals surface area (Å²) in [4.78, 5) is 2.49. The zero-order valence-electron chi connectivity index (χ0n) is 15.8. The van der Waals surface area contributed by atoms with Crippen LogP contribution in [0.1, 0.15) is 39.0 Å². The third kappa shape index (κ3) is 4.50. The highest BCUT2D eigenvalue weighted by molar-refractivity contribution is 7.89. The lowest BCUT2D eigenvalue weighted by atomic mass is 9.85. The lowest BCUT2D eigenvalue weighted by Gasteiger charge is -2.31. The molecule has 2 aliphatic rings. The van der Waals surface area contributed by atoms with Gasteiger partial charge in [0, 0.05) is 32.2 Å². The van der Waals surface area contributed by atoms with Gasteiger partial charge >= 0.3 is 0 Å². The summed E-state index contributed by atoms with van der Waals surface area (Å²) in [5.41, 5.74) is 0.849. The number of sulfonamides is 1. The Bertz CT molecular complexity index is 696. The van der Waals surface area contributed by atoms with Crippen molar-refractivity contribution in [2.45, 2.75) is 50.0 Å². The number of rotatable bonds is 6. The molecular formula is C19H31N3O3S. The summed E-state index contributed by atoms with van der Waals surface area (Å²) in [6.45, 7) is 5.44. The fourth-order valence-electron chi connectivity index (χ4n) is 4.03. The molecule has 6 nitrogen and oxygen atoms in total. The number of methoxy groups -OCH3 is 1. The van der Waals surface area contributed by atoms with Crippen LogP contribution in [0.15, 0.2) is 23.1 Å². The Labute approximate surface area is 157 Å². The quantitative estimate of drug-likeness (QED) is 0.792. The largest absolute Gasteiger partial charge is 0.495 e. The Kier molecular flexibility index (Phi) is 6.42. The van der Waals surface area contributed by atoms with Crippen LogP contribution in [0, 0.1) is 5.92 Å². The number of benzene rings is 1. The minimum absolute atomic E-state index is 0.0370. The third-order valence-electron chi connectivity index (χ3n) is 5.62. The van der Waals surface area contributed by atoms with Crippen molar-refractivity contribution in [3.8, 4) is 5.75 Å². The third-order valence-corrected chi connectivity index (χ3v) is 7.17. The number of hydrogen-bond acceptors (Lipinski definition) is 5. The molecule has 1 saturated heterocycles. The van der Waals surface area contributed by atoms with Crippen LogP contribution < -0.4 is 19.7 Å². The van der Waals surface area contributed by atoms with Gasteiger partial charge in [-0.1, -0.05) is 19.3 Å². The molecule has 0 bridgehead atoms. The molecule has 1 aromatic rings. The summed E-state index contributed by atoms with van der Waals surface area (Å²) < 4.78 is 34.2. The van der Waals surface area contributed by atoms with Gasteiger partial charge in [0.15, 0.2) is 0 Å². The normalized spacial score (nSPS) is 20.8. The maximum atomic E-state index is 12.9. The lowest BCUT2D eigenvalue weighted by Crippen LogP contribution is -2.43. The second-order valence-corrected chi connectivity index (χ2v) is 9.09. The zero-order valence-corrected chi connectivity index (χ0v) is 16.6. The van der Waals surface area contributed by atoms with Crippen molar-refractivity contribution < 1.29 is 13.2 Å². The van der Waals surface area contributed by atoms with Crippen LogP contribution in [-0.2, 0) is 10.0 Å². The molecule has 0 radical (unpaired) electrons. The van der Waals surface area contributed by atoms with Crippen molar-refractivity contribution in [3.05, 3.63) is 18.2 Å². The molecule has 1 heterocycles. The molecule has 0 aromatic heterocycles. The second-order valence-electron chi connectivity index (χ2n) is 7.38. The van der Waals surface area contributed by atoms with Crippen LogP contribution in [0.25, 0.3) is 0 Å². The summed E-state index contributed by atoms with van der Waals surface area (Å²) in [5, 5.41) is 3.32. The fourth-order valence-corrected chi connectivity index (χ4v) is 5.36. The van der Waals surface area contributed by atoms with Crippen LogP contribution in [0.2, 0.25) is 0 Å². The highest BCUT2D eigenvalue weighted by Gasteiger charge is 2.26. The molecule has 1 unspecified atom stereocenters. The van der Waals surface area contributed by atoms with E-state index >= 15 is 0 Å². The standard InChI is InChI=1S/C19H31N3O3S/c1-15(16-6-4-3-5-7-16)21-26(23,24)17-8-9-19(25-2)18(14-17)22-12-10-20-11-13-22/h8-9,14-16,20-21H,3-7,10-13H2,1-2H3. The van der Waals surface area contributed by atoms with Crippen molar-refractivity contribution in [2.75, 3.05) is 38.2 Å². The number of nitrogens with zero attached hydrogens (tertiary/aromatic N) is 1. The molecule has 1 atom stereocenters. The minimum Gasteiger partial charge on any atom is -0.495 e. The van der Waals surface area contributed by atoms with E-state index in [4.69, 9.17) is 4.74 Å². The van der Waals surface area contributed by atoms with Crippen molar-refractivity contribution in [1.82, 2.24) is 10.0 Å². The lowest BCUT2D eigenvalue weighted by molar-refractivity contribution is 0.303. The maximum absolute atomic E-state index is 12.9. The van der Waals surface area contributed by atoms with Crippen LogP contribution in [-0.4, -0.2) is 47.7 Å². The molecule has 1 aromatic carbocycles. The maximum Gasteiger partial charge on any atom is 0.240 e. The van der Waals surface area contributed by atoms with E-state index in [1.807, 2.05) is 6.92 Å². The smallest absolute Gasteiger partial charge is 0.240 e. The Morgan fingerprint density at radius 2 is 1.88 bits per heavy atom. The molecule has 0 amide bonds. The average Bonchev–Trinajstić information content (AvgIpc) is 2.68. The number of hydrogen-bond donors (Lipinski definition) is 2. The van der Waals surface area contributed by atoms with Crippen molar-refractivity contribution in [3.63, 3.8) is 0 Å². The number of ether oxygens (including phenoxy) is 1. The van der Waals surface area contributed by atoms with Gasteiger partial charge in [-0.15, -0.1) is 0 Å². The van der Waals surface area contributed by atoms with Crippen molar-refractivity contribution in [2.24, 2.45) is 5.92 Å². The highest BCUT2D eigenvalue weighted by atomic mass is 32.2. The van der Waals surface area contributed by atoms with Gasteiger partial charge in [-0.05, 0) is 43.9 Å². The number of nitrogens with one attached hydrogen (secondary N) is 2. The van der Waals surface area contributed by atoms with Gasteiger partial charge in [0.25, 0.3) is 0 Å². The summed E-state index contributed by atoms with van der Waals surface area (Å²) in [6, 6.07) is 5.11. The van der Waals surface area contributed by atoms with E-state index in [0.717, 1.165) is 44.7 Å². The number of anilines is 1. The SMILES string of the molecule is COc1ccc(S(=O)(=O)NC(C)C2CCCCC2)cc1N1CCNCC1. The Hall–Kier alpha value is -1.31. The molecule has 146 valence electrons. The van der Waals surface area contributed by atoms with Crippen LogP contribution in [0.5, 0.6) is 5.75 Å². The van der Waals surface area contributed by atoms with E-state index in [1.165, 1.54) is 19.3 Å². The molecule has 26 heavy (non-hydrogen) atoms. The van der Waals surface area contributed by atoms with Crippen LogP contribution >= 0.6 is 0 Å². The van der Waals surface area contributed by atoms with E-state index in [-0.39, 0.29) is 6.04 Å². The molecule has 0 spiro atoms. The summed E-state index contributed by atoms with van der Waals surface area (Å²) in [6.07, 6.45) is 5.89. The molecular weight excluding hydrogens is 350 g/mol. The van der Waals surface area contributed by atoms with Crippen LogP contribution in [0.3, 0.4) is 0 Å². The summed E-state index contributed by atoms with van der Waals surface area (Å²) >= 11 is 0. The fraction of sp³-hybridized carbons (Fsp3) is 0.684.